The Morgan fingerprint density at radius 3 is 2.94 bits per heavy atom. The van der Waals surface area contributed by atoms with E-state index in [4.69, 9.17) is 5.73 Å². The first-order valence-corrected chi connectivity index (χ1v) is 6.11. The maximum Gasteiger partial charge on any atom is 0.255 e. The average Bonchev–Trinajstić information content (AvgIpc) is 2.28. The molecule has 1 aromatic heterocycles. The molecule has 3 nitrogen and oxygen atoms in total. The average molecular weight is 220 g/mol. The Morgan fingerprint density at radius 1 is 1.56 bits per heavy atom. The van der Waals surface area contributed by atoms with E-state index in [1.165, 1.54) is 17.7 Å². The van der Waals surface area contributed by atoms with Gasteiger partial charge < -0.3 is 10.3 Å². The lowest BCUT2D eigenvalue weighted by Gasteiger charge is -2.25. The van der Waals surface area contributed by atoms with Crippen LogP contribution in [-0.2, 0) is 25.9 Å². The molecule has 1 aromatic rings. The monoisotopic (exact) mass is 220 g/mol. The van der Waals surface area contributed by atoms with Gasteiger partial charge in [0.05, 0.1) is 0 Å². The number of fused-ring (bicyclic) bond motifs is 1. The third kappa shape index (κ3) is 1.80. The van der Waals surface area contributed by atoms with Gasteiger partial charge >= 0.3 is 0 Å². The van der Waals surface area contributed by atoms with Crippen LogP contribution in [0.25, 0.3) is 0 Å². The zero-order valence-corrected chi connectivity index (χ0v) is 10.1. The lowest BCUT2D eigenvalue weighted by molar-refractivity contribution is 0.472. The summed E-state index contributed by atoms with van der Waals surface area (Å²) >= 11 is 0. The minimum Gasteiger partial charge on any atom is -0.326 e. The van der Waals surface area contributed by atoms with Crippen LogP contribution in [0.4, 0.5) is 0 Å². The Labute approximate surface area is 96.3 Å². The number of pyridine rings is 1. The minimum atomic E-state index is 0.110. The van der Waals surface area contributed by atoms with E-state index in [-0.39, 0.29) is 5.56 Å². The number of hydrogen-bond donors (Lipinski definition) is 1. The van der Waals surface area contributed by atoms with Gasteiger partial charge in [-0.2, -0.15) is 0 Å². The summed E-state index contributed by atoms with van der Waals surface area (Å²) in [6.45, 7) is 5.40. The van der Waals surface area contributed by atoms with Crippen molar-refractivity contribution in [3.05, 3.63) is 33.2 Å². The molecule has 0 amide bonds. The predicted molar refractivity (Wildman–Crippen MR) is 65.5 cm³/mol. The van der Waals surface area contributed by atoms with Crippen molar-refractivity contribution >= 4 is 0 Å². The SMILES string of the molecule is CCn1c2c(cc(CN)c1=O)CC(C)CC2. The van der Waals surface area contributed by atoms with Gasteiger partial charge in [0, 0.05) is 24.3 Å². The van der Waals surface area contributed by atoms with Crippen LogP contribution in [-0.4, -0.2) is 4.57 Å². The van der Waals surface area contributed by atoms with Gasteiger partial charge in [0.15, 0.2) is 0 Å². The summed E-state index contributed by atoms with van der Waals surface area (Å²) in [6.07, 6.45) is 3.31. The summed E-state index contributed by atoms with van der Waals surface area (Å²) in [5, 5.41) is 0. The molecule has 1 unspecified atom stereocenters. The molecule has 0 spiro atoms. The number of aromatic nitrogens is 1. The van der Waals surface area contributed by atoms with E-state index < -0.39 is 0 Å². The van der Waals surface area contributed by atoms with Gasteiger partial charge in [-0.15, -0.1) is 0 Å². The molecule has 2 rings (SSSR count). The van der Waals surface area contributed by atoms with E-state index in [2.05, 4.69) is 6.92 Å². The molecule has 0 bridgehead atoms. The topological polar surface area (TPSA) is 48.0 Å². The van der Waals surface area contributed by atoms with Crippen LogP contribution < -0.4 is 11.3 Å². The van der Waals surface area contributed by atoms with Crippen LogP contribution in [0.5, 0.6) is 0 Å². The molecular weight excluding hydrogens is 200 g/mol. The fraction of sp³-hybridized carbons (Fsp3) is 0.615. The van der Waals surface area contributed by atoms with Crippen LogP contribution in [0.1, 0.15) is 37.1 Å². The lowest BCUT2D eigenvalue weighted by atomic mass is 9.87. The Balaban J connectivity index is 2.60. The second kappa shape index (κ2) is 4.42. The molecule has 0 saturated heterocycles. The van der Waals surface area contributed by atoms with E-state index >= 15 is 0 Å². The van der Waals surface area contributed by atoms with Crippen LogP contribution in [0, 0.1) is 5.92 Å². The Kier molecular flexibility index (Phi) is 3.15. The van der Waals surface area contributed by atoms with Gasteiger partial charge in [0.2, 0.25) is 0 Å². The van der Waals surface area contributed by atoms with Crippen molar-refractivity contribution < 1.29 is 0 Å². The first-order valence-electron chi connectivity index (χ1n) is 6.11. The van der Waals surface area contributed by atoms with Gasteiger partial charge in [-0.25, -0.2) is 0 Å². The Bertz CT molecular complexity index is 448. The highest BCUT2D eigenvalue weighted by Crippen LogP contribution is 2.24. The lowest BCUT2D eigenvalue weighted by Crippen LogP contribution is -2.31. The molecule has 0 aromatic carbocycles. The smallest absolute Gasteiger partial charge is 0.255 e. The van der Waals surface area contributed by atoms with Crippen molar-refractivity contribution in [3.63, 3.8) is 0 Å². The molecule has 0 saturated carbocycles. The number of nitrogens with two attached hydrogens (primary N) is 1. The minimum absolute atomic E-state index is 0.110. The number of hydrogen-bond acceptors (Lipinski definition) is 2. The highest BCUT2D eigenvalue weighted by Gasteiger charge is 2.19. The summed E-state index contributed by atoms with van der Waals surface area (Å²) in [5.41, 5.74) is 9.07. The van der Waals surface area contributed by atoms with Crippen LogP contribution >= 0.6 is 0 Å². The van der Waals surface area contributed by atoms with Crippen molar-refractivity contribution in [2.45, 2.75) is 46.2 Å². The number of rotatable bonds is 2. The maximum atomic E-state index is 12.1. The van der Waals surface area contributed by atoms with E-state index in [9.17, 15) is 4.79 Å². The van der Waals surface area contributed by atoms with E-state index in [0.717, 1.165) is 30.9 Å². The second-order valence-electron chi connectivity index (χ2n) is 4.74. The summed E-state index contributed by atoms with van der Waals surface area (Å²) in [4.78, 5) is 12.1. The van der Waals surface area contributed by atoms with Crippen LogP contribution in [0.15, 0.2) is 10.9 Å². The molecule has 88 valence electrons. The zero-order chi connectivity index (χ0) is 11.7. The largest absolute Gasteiger partial charge is 0.326 e. The van der Waals surface area contributed by atoms with E-state index in [1.54, 1.807) is 0 Å². The summed E-state index contributed by atoms with van der Waals surface area (Å²) in [7, 11) is 0. The highest BCUT2D eigenvalue weighted by molar-refractivity contribution is 5.29. The fourth-order valence-corrected chi connectivity index (χ4v) is 2.64. The molecular formula is C13H20N2O. The molecule has 0 fully saturated rings. The van der Waals surface area contributed by atoms with Crippen molar-refractivity contribution in [3.8, 4) is 0 Å². The second-order valence-corrected chi connectivity index (χ2v) is 4.74. The van der Waals surface area contributed by atoms with E-state index in [1.807, 2.05) is 17.6 Å². The molecule has 16 heavy (non-hydrogen) atoms. The number of nitrogens with zero attached hydrogens (tertiary/aromatic N) is 1. The first kappa shape index (κ1) is 11.4. The van der Waals surface area contributed by atoms with Gasteiger partial charge in [-0.3, -0.25) is 4.79 Å². The third-order valence-corrected chi connectivity index (χ3v) is 3.54. The molecule has 1 aliphatic rings. The highest BCUT2D eigenvalue weighted by atomic mass is 16.1. The predicted octanol–water partition coefficient (Wildman–Crippen LogP) is 1.45. The third-order valence-electron chi connectivity index (χ3n) is 3.54. The summed E-state index contributed by atoms with van der Waals surface area (Å²) in [6, 6.07) is 2.03. The van der Waals surface area contributed by atoms with Gasteiger partial charge in [0.25, 0.3) is 5.56 Å². The van der Waals surface area contributed by atoms with Crippen LogP contribution in [0.3, 0.4) is 0 Å². The molecule has 0 aliphatic heterocycles. The molecule has 1 aliphatic carbocycles. The van der Waals surface area contributed by atoms with Crippen molar-refractivity contribution in [1.29, 1.82) is 0 Å². The van der Waals surface area contributed by atoms with Crippen LogP contribution in [0.2, 0.25) is 0 Å². The first-order chi connectivity index (χ1) is 7.67. The standard InChI is InChI=1S/C13H20N2O/c1-3-15-12-5-4-9(2)6-10(12)7-11(8-14)13(15)16/h7,9H,3-6,8,14H2,1-2H3. The molecule has 2 N–H and O–H groups in total. The zero-order valence-electron chi connectivity index (χ0n) is 10.1. The van der Waals surface area contributed by atoms with Gasteiger partial charge in [0.1, 0.15) is 0 Å². The summed E-state index contributed by atoms with van der Waals surface area (Å²) in [5.74, 6) is 0.723. The summed E-state index contributed by atoms with van der Waals surface area (Å²) < 4.78 is 1.91. The van der Waals surface area contributed by atoms with Crippen molar-refractivity contribution in [2.24, 2.45) is 11.7 Å². The molecule has 1 heterocycles. The maximum absolute atomic E-state index is 12.1. The van der Waals surface area contributed by atoms with E-state index in [0.29, 0.717) is 6.54 Å². The molecule has 1 atom stereocenters. The molecule has 0 radical (unpaired) electrons. The molecule has 3 heteroatoms. The quantitative estimate of drug-likeness (QED) is 0.820. The normalized spacial score (nSPS) is 19.6. The fourth-order valence-electron chi connectivity index (χ4n) is 2.64. The Hall–Kier alpha value is -1.09. The van der Waals surface area contributed by atoms with Crippen molar-refractivity contribution in [1.82, 2.24) is 4.57 Å². The van der Waals surface area contributed by atoms with Crippen molar-refractivity contribution in [2.75, 3.05) is 0 Å². The van der Waals surface area contributed by atoms with Gasteiger partial charge in [-0.05, 0) is 43.7 Å². The Morgan fingerprint density at radius 2 is 2.31 bits per heavy atom. The van der Waals surface area contributed by atoms with Gasteiger partial charge in [-0.1, -0.05) is 6.92 Å².